The molecule has 1 saturated carbocycles. The first kappa shape index (κ1) is 17.2. The van der Waals surface area contributed by atoms with E-state index in [2.05, 4.69) is 16.1 Å². The molecule has 0 bridgehead atoms. The molecule has 1 aromatic carbocycles. The van der Waals surface area contributed by atoms with Crippen LogP contribution in [0, 0.1) is 5.92 Å². The van der Waals surface area contributed by atoms with Gasteiger partial charge in [-0.2, -0.15) is 4.99 Å². The van der Waals surface area contributed by atoms with Crippen LogP contribution in [0.2, 0.25) is 0 Å². The van der Waals surface area contributed by atoms with Crippen molar-refractivity contribution in [3.8, 4) is 0 Å². The van der Waals surface area contributed by atoms with Crippen LogP contribution in [-0.4, -0.2) is 28.4 Å². The number of fused-ring (bicyclic) bond motifs is 3. The smallest absolute Gasteiger partial charge is 0.281 e. The standard InChI is InChI=1S/C20H21N3O2S/c21-16(24)11-26-20-22-18-14-9-5-4-8-13(14)10-15(17(18)19(25)23-20)12-6-2-1-3-7-12/h4-5,8-9,12H,1-3,6-7,10-11H2,(H2,21,24). The molecule has 0 spiro atoms. The number of allylic oxidation sites excluding steroid dienone is 1. The molecule has 2 amide bonds. The van der Waals surface area contributed by atoms with Crippen LogP contribution in [0.4, 0.5) is 0 Å². The lowest BCUT2D eigenvalue weighted by Gasteiger charge is -2.32. The van der Waals surface area contributed by atoms with Crippen molar-refractivity contribution in [2.75, 3.05) is 5.75 Å². The molecular formula is C20H21N3O2S. The molecule has 1 aromatic rings. The molecule has 26 heavy (non-hydrogen) atoms. The van der Waals surface area contributed by atoms with E-state index in [-0.39, 0.29) is 11.7 Å². The predicted molar refractivity (Wildman–Crippen MR) is 104 cm³/mol. The van der Waals surface area contributed by atoms with Gasteiger partial charge < -0.3 is 5.73 Å². The Morgan fingerprint density at radius 2 is 1.92 bits per heavy atom. The highest BCUT2D eigenvalue weighted by Crippen LogP contribution is 2.39. The summed E-state index contributed by atoms with van der Waals surface area (Å²) in [7, 11) is 0. The van der Waals surface area contributed by atoms with Crippen LogP contribution < -0.4 is 5.73 Å². The molecule has 2 N–H and O–H groups in total. The lowest BCUT2D eigenvalue weighted by molar-refractivity contribution is -0.116. The third kappa shape index (κ3) is 3.26. The van der Waals surface area contributed by atoms with Crippen LogP contribution in [0.5, 0.6) is 0 Å². The Kier molecular flexibility index (Phi) is 4.76. The minimum atomic E-state index is -0.446. The molecule has 0 radical (unpaired) electrons. The first-order valence-electron chi connectivity index (χ1n) is 9.08. The molecule has 5 nitrogen and oxygen atoms in total. The molecule has 2 aliphatic carbocycles. The van der Waals surface area contributed by atoms with Crippen molar-refractivity contribution >= 4 is 34.5 Å². The van der Waals surface area contributed by atoms with Crippen LogP contribution in [0.15, 0.2) is 45.4 Å². The zero-order chi connectivity index (χ0) is 18.1. The summed E-state index contributed by atoms with van der Waals surface area (Å²) >= 11 is 1.12. The second-order valence-corrected chi connectivity index (χ2v) is 7.93. The SMILES string of the molecule is NC(=O)CSC1=NC(=O)C2=C(C3CCCCC3)Cc3ccccc3C2=N1. The molecule has 1 heterocycles. The van der Waals surface area contributed by atoms with Gasteiger partial charge in [0.05, 0.1) is 17.0 Å². The van der Waals surface area contributed by atoms with Gasteiger partial charge in [0.25, 0.3) is 5.91 Å². The lowest BCUT2D eigenvalue weighted by Crippen LogP contribution is -2.30. The largest absolute Gasteiger partial charge is 0.369 e. The first-order chi connectivity index (χ1) is 12.6. The van der Waals surface area contributed by atoms with Crippen molar-refractivity contribution < 1.29 is 9.59 Å². The fourth-order valence-corrected chi connectivity index (χ4v) is 4.68. The molecule has 0 atom stereocenters. The number of primary amides is 1. The number of nitrogens with two attached hydrogens (primary N) is 1. The van der Waals surface area contributed by atoms with Gasteiger partial charge in [-0.25, -0.2) is 4.99 Å². The number of carbonyl (C=O) groups is 2. The summed E-state index contributed by atoms with van der Waals surface area (Å²) in [5.41, 5.74) is 10.0. The third-order valence-corrected chi connectivity index (χ3v) is 6.14. The van der Waals surface area contributed by atoms with E-state index >= 15 is 0 Å². The summed E-state index contributed by atoms with van der Waals surface area (Å²) < 4.78 is 0. The zero-order valence-corrected chi connectivity index (χ0v) is 15.3. The highest BCUT2D eigenvalue weighted by molar-refractivity contribution is 8.14. The molecule has 4 rings (SSSR count). The maximum atomic E-state index is 12.9. The van der Waals surface area contributed by atoms with E-state index in [0.717, 1.165) is 42.3 Å². The summed E-state index contributed by atoms with van der Waals surface area (Å²) in [5.74, 6) is -0.161. The molecule has 0 unspecified atom stereocenters. The fraction of sp³-hybridized carbons (Fsp3) is 0.400. The van der Waals surface area contributed by atoms with Crippen LogP contribution >= 0.6 is 11.8 Å². The summed E-state index contributed by atoms with van der Waals surface area (Å²) in [6, 6.07) is 8.13. The lowest BCUT2D eigenvalue weighted by atomic mass is 9.74. The Morgan fingerprint density at radius 3 is 2.69 bits per heavy atom. The van der Waals surface area contributed by atoms with E-state index in [1.54, 1.807) is 0 Å². The fourth-order valence-electron chi connectivity index (χ4n) is 4.10. The third-order valence-electron chi connectivity index (χ3n) is 5.27. The van der Waals surface area contributed by atoms with Gasteiger partial charge in [0.15, 0.2) is 5.17 Å². The molecule has 1 fully saturated rings. The highest BCUT2D eigenvalue weighted by Gasteiger charge is 2.35. The maximum Gasteiger partial charge on any atom is 0.281 e. The van der Waals surface area contributed by atoms with Crippen molar-refractivity contribution in [2.45, 2.75) is 38.5 Å². The minimum absolute atomic E-state index is 0.0685. The number of hydrogen-bond donors (Lipinski definition) is 1. The average molecular weight is 367 g/mol. The van der Waals surface area contributed by atoms with Crippen molar-refractivity contribution in [1.82, 2.24) is 0 Å². The van der Waals surface area contributed by atoms with Gasteiger partial charge in [-0.3, -0.25) is 9.59 Å². The van der Waals surface area contributed by atoms with Crippen molar-refractivity contribution in [2.24, 2.45) is 21.6 Å². The van der Waals surface area contributed by atoms with Crippen LogP contribution in [-0.2, 0) is 16.0 Å². The van der Waals surface area contributed by atoms with Gasteiger partial charge in [-0.15, -0.1) is 0 Å². The van der Waals surface area contributed by atoms with Crippen molar-refractivity contribution in [3.05, 3.63) is 46.5 Å². The number of aliphatic imine (C=N–C) groups is 2. The molecule has 1 aliphatic heterocycles. The molecule has 0 saturated heterocycles. The van der Waals surface area contributed by atoms with Gasteiger partial charge in [0, 0.05) is 5.56 Å². The molecule has 6 heteroatoms. The monoisotopic (exact) mass is 367 g/mol. The number of hydrogen-bond acceptors (Lipinski definition) is 4. The Balaban J connectivity index is 1.78. The Morgan fingerprint density at radius 1 is 1.15 bits per heavy atom. The number of benzene rings is 1. The van der Waals surface area contributed by atoms with Crippen molar-refractivity contribution in [1.29, 1.82) is 0 Å². The van der Waals surface area contributed by atoms with Gasteiger partial charge in [-0.05, 0) is 36.3 Å². The topological polar surface area (TPSA) is 84.9 Å². The van der Waals surface area contributed by atoms with E-state index in [1.807, 2.05) is 18.2 Å². The minimum Gasteiger partial charge on any atom is -0.369 e. The van der Waals surface area contributed by atoms with Crippen LogP contribution in [0.1, 0.15) is 43.2 Å². The quantitative estimate of drug-likeness (QED) is 0.891. The summed E-state index contributed by atoms with van der Waals surface area (Å²) in [4.78, 5) is 32.8. The van der Waals surface area contributed by atoms with E-state index in [0.29, 0.717) is 16.7 Å². The van der Waals surface area contributed by atoms with Crippen LogP contribution in [0.3, 0.4) is 0 Å². The van der Waals surface area contributed by atoms with Gasteiger partial charge in [0.1, 0.15) is 0 Å². The summed E-state index contributed by atoms with van der Waals surface area (Å²) in [5, 5.41) is 0.326. The Hall–Kier alpha value is -2.21. The number of thioether (sulfide) groups is 1. The second-order valence-electron chi connectivity index (χ2n) is 6.98. The molecule has 3 aliphatic rings. The van der Waals surface area contributed by atoms with Crippen molar-refractivity contribution in [3.63, 3.8) is 0 Å². The van der Waals surface area contributed by atoms with Gasteiger partial charge in [-0.1, -0.05) is 55.3 Å². The maximum absolute atomic E-state index is 12.9. The van der Waals surface area contributed by atoms with Gasteiger partial charge >= 0.3 is 0 Å². The van der Waals surface area contributed by atoms with E-state index in [9.17, 15) is 9.59 Å². The van der Waals surface area contributed by atoms with Gasteiger partial charge in [0.2, 0.25) is 5.91 Å². The number of nitrogens with zero attached hydrogens (tertiary/aromatic N) is 2. The molecular weight excluding hydrogens is 346 g/mol. The highest BCUT2D eigenvalue weighted by atomic mass is 32.2. The predicted octanol–water partition coefficient (Wildman–Crippen LogP) is 3.02. The second kappa shape index (κ2) is 7.19. The van der Waals surface area contributed by atoms with Crippen LogP contribution in [0.25, 0.3) is 0 Å². The number of carbonyl (C=O) groups excluding carboxylic acids is 2. The Labute approximate surface area is 156 Å². The zero-order valence-electron chi connectivity index (χ0n) is 14.5. The van der Waals surface area contributed by atoms with E-state index < -0.39 is 5.91 Å². The van der Waals surface area contributed by atoms with E-state index in [1.165, 1.54) is 30.4 Å². The summed E-state index contributed by atoms with van der Waals surface area (Å²) in [6.45, 7) is 0. The normalized spacial score (nSPS) is 20.2. The Bertz CT molecular complexity index is 864. The number of amidine groups is 1. The molecule has 0 aromatic heterocycles. The van der Waals surface area contributed by atoms with E-state index in [4.69, 9.17) is 5.73 Å². The number of amides is 2. The number of rotatable bonds is 3. The average Bonchev–Trinajstić information content (AvgIpc) is 2.66. The molecule has 134 valence electrons. The summed E-state index contributed by atoms with van der Waals surface area (Å²) in [6.07, 6.45) is 6.78. The first-order valence-corrected chi connectivity index (χ1v) is 10.1.